The number of hydrogen-bond donors (Lipinski definition) is 1. The molecular weight excluding hydrogens is 370 g/mol. The Labute approximate surface area is 172 Å². The Balaban J connectivity index is 1.79. The Kier molecular flexibility index (Phi) is 10.5. The molecule has 156 valence electrons. The van der Waals surface area contributed by atoms with E-state index >= 15 is 0 Å². The quantitative estimate of drug-likeness (QED) is 0.414. The molecule has 1 amide bonds. The highest BCUT2D eigenvalue weighted by molar-refractivity contribution is 5.79. The Morgan fingerprint density at radius 3 is 1.86 bits per heavy atom. The van der Waals surface area contributed by atoms with Crippen LogP contribution in [0.15, 0.2) is 60.7 Å². The molecule has 2 aromatic carbocycles. The fraction of sp³-hybridized carbons (Fsp3) is 0.391. The van der Waals surface area contributed by atoms with E-state index in [9.17, 15) is 9.59 Å². The summed E-state index contributed by atoms with van der Waals surface area (Å²) in [6, 6.07) is 19.6. The number of carbonyl (C=O) groups is 2. The number of ether oxygens (including phenoxy) is 3. The molecule has 0 aliphatic carbocycles. The first-order chi connectivity index (χ1) is 14.2. The lowest BCUT2D eigenvalue weighted by atomic mass is 10.1. The first-order valence-electron chi connectivity index (χ1n) is 9.77. The molecule has 0 spiro atoms. The molecule has 0 atom stereocenters. The third-order valence-electron chi connectivity index (χ3n) is 4.32. The van der Waals surface area contributed by atoms with Crippen molar-refractivity contribution < 1.29 is 23.8 Å². The maximum absolute atomic E-state index is 12.6. The number of methoxy groups -OCH3 is 1. The van der Waals surface area contributed by atoms with Crippen LogP contribution in [0, 0.1) is 5.92 Å². The number of carbonyl (C=O) groups excluding carboxylic acids is 2. The van der Waals surface area contributed by atoms with Gasteiger partial charge in [-0.05, 0) is 17.5 Å². The van der Waals surface area contributed by atoms with Crippen LogP contribution in [0.3, 0.4) is 0 Å². The second-order valence-electron chi connectivity index (χ2n) is 6.67. The molecule has 0 heterocycles. The third-order valence-corrected chi connectivity index (χ3v) is 4.32. The van der Waals surface area contributed by atoms with E-state index in [0.717, 1.165) is 11.1 Å². The lowest BCUT2D eigenvalue weighted by Crippen LogP contribution is -2.36. The summed E-state index contributed by atoms with van der Waals surface area (Å²) in [5.74, 6) is -0.857. The topological polar surface area (TPSA) is 73.9 Å². The van der Waals surface area contributed by atoms with Crippen LogP contribution in [-0.4, -0.2) is 38.7 Å². The minimum Gasteiger partial charge on any atom is -0.469 e. The predicted octanol–water partition coefficient (Wildman–Crippen LogP) is 3.11. The summed E-state index contributed by atoms with van der Waals surface area (Å²) in [7, 11) is 1.35. The third kappa shape index (κ3) is 9.36. The Morgan fingerprint density at radius 2 is 1.38 bits per heavy atom. The number of esters is 1. The maximum Gasteiger partial charge on any atom is 0.305 e. The van der Waals surface area contributed by atoms with Crippen molar-refractivity contribution in [2.45, 2.75) is 26.1 Å². The molecule has 0 aromatic heterocycles. The van der Waals surface area contributed by atoms with Gasteiger partial charge in [0.15, 0.2) is 0 Å². The molecule has 0 radical (unpaired) electrons. The molecule has 0 aliphatic heterocycles. The van der Waals surface area contributed by atoms with Crippen LogP contribution in [0.1, 0.15) is 24.0 Å². The Bertz CT molecular complexity index is 675. The number of amides is 1. The summed E-state index contributed by atoms with van der Waals surface area (Å²) in [6.07, 6.45) is 0.803. The maximum atomic E-state index is 12.6. The Morgan fingerprint density at radius 1 is 0.862 bits per heavy atom. The normalized spacial score (nSPS) is 10.7. The van der Waals surface area contributed by atoms with Gasteiger partial charge in [-0.15, -0.1) is 0 Å². The van der Waals surface area contributed by atoms with E-state index in [1.54, 1.807) is 0 Å². The molecule has 0 bridgehead atoms. The van der Waals surface area contributed by atoms with Gasteiger partial charge in [0, 0.05) is 13.0 Å². The standard InChI is InChI=1S/C23H29NO5/c1-27-22(25)13-8-14-24-23(26)21(17-28-15-19-9-4-2-5-10-19)18-29-16-20-11-6-3-7-12-20/h2-7,9-12,21H,8,13-18H2,1H3,(H,24,26). The summed E-state index contributed by atoms with van der Waals surface area (Å²) in [5, 5.41) is 2.85. The predicted molar refractivity (Wildman–Crippen MR) is 110 cm³/mol. The highest BCUT2D eigenvalue weighted by Gasteiger charge is 2.19. The van der Waals surface area contributed by atoms with Crippen LogP contribution in [0.25, 0.3) is 0 Å². The molecule has 2 aromatic rings. The summed E-state index contributed by atoms with van der Waals surface area (Å²) < 4.78 is 16.1. The lowest BCUT2D eigenvalue weighted by Gasteiger charge is -2.17. The minimum absolute atomic E-state index is 0.143. The first kappa shape index (κ1) is 22.6. The van der Waals surface area contributed by atoms with Gasteiger partial charge in [-0.25, -0.2) is 0 Å². The van der Waals surface area contributed by atoms with Crippen LogP contribution < -0.4 is 5.32 Å². The van der Waals surface area contributed by atoms with Gasteiger partial charge in [0.2, 0.25) is 5.91 Å². The molecular formula is C23H29NO5. The monoisotopic (exact) mass is 399 g/mol. The SMILES string of the molecule is COC(=O)CCCNC(=O)C(COCc1ccccc1)COCc1ccccc1. The highest BCUT2D eigenvalue weighted by atomic mass is 16.5. The van der Waals surface area contributed by atoms with E-state index < -0.39 is 5.92 Å². The van der Waals surface area contributed by atoms with Crippen molar-refractivity contribution in [3.8, 4) is 0 Å². The number of hydrogen-bond acceptors (Lipinski definition) is 5. The van der Waals surface area contributed by atoms with Crippen LogP contribution in [0.4, 0.5) is 0 Å². The van der Waals surface area contributed by atoms with Crippen molar-refractivity contribution in [1.82, 2.24) is 5.32 Å². The number of nitrogens with one attached hydrogen (secondary N) is 1. The van der Waals surface area contributed by atoms with Gasteiger partial charge in [0.05, 0.1) is 39.5 Å². The van der Waals surface area contributed by atoms with Crippen LogP contribution in [-0.2, 0) is 37.0 Å². The second-order valence-corrected chi connectivity index (χ2v) is 6.67. The van der Waals surface area contributed by atoms with Crippen molar-refractivity contribution in [2.24, 2.45) is 5.92 Å². The molecule has 6 heteroatoms. The average Bonchev–Trinajstić information content (AvgIpc) is 2.76. The zero-order chi connectivity index (χ0) is 20.7. The van der Waals surface area contributed by atoms with Crippen molar-refractivity contribution in [1.29, 1.82) is 0 Å². The van der Waals surface area contributed by atoms with Gasteiger partial charge in [-0.1, -0.05) is 60.7 Å². The van der Waals surface area contributed by atoms with Crippen LogP contribution in [0.2, 0.25) is 0 Å². The first-order valence-corrected chi connectivity index (χ1v) is 9.77. The van der Waals surface area contributed by atoms with E-state index in [1.807, 2.05) is 60.7 Å². The van der Waals surface area contributed by atoms with E-state index in [-0.39, 0.29) is 31.5 Å². The minimum atomic E-state index is -0.430. The Hall–Kier alpha value is -2.70. The largest absolute Gasteiger partial charge is 0.469 e. The second kappa shape index (κ2) is 13.5. The summed E-state index contributed by atoms with van der Waals surface area (Å²) in [4.78, 5) is 23.7. The molecule has 0 aliphatic rings. The van der Waals surface area contributed by atoms with Crippen LogP contribution >= 0.6 is 0 Å². The zero-order valence-corrected chi connectivity index (χ0v) is 16.8. The van der Waals surface area contributed by atoms with Crippen molar-refractivity contribution in [3.63, 3.8) is 0 Å². The summed E-state index contributed by atoms with van der Waals surface area (Å²) in [6.45, 7) is 1.79. The zero-order valence-electron chi connectivity index (χ0n) is 16.8. The fourth-order valence-corrected chi connectivity index (χ4v) is 2.68. The van der Waals surface area contributed by atoms with E-state index in [0.29, 0.717) is 26.2 Å². The van der Waals surface area contributed by atoms with Gasteiger partial charge < -0.3 is 19.5 Å². The van der Waals surface area contributed by atoms with Gasteiger partial charge >= 0.3 is 5.97 Å². The molecule has 6 nitrogen and oxygen atoms in total. The molecule has 0 fully saturated rings. The van der Waals surface area contributed by atoms with Gasteiger partial charge in [-0.3, -0.25) is 9.59 Å². The van der Waals surface area contributed by atoms with Gasteiger partial charge in [0.25, 0.3) is 0 Å². The van der Waals surface area contributed by atoms with Crippen molar-refractivity contribution in [3.05, 3.63) is 71.8 Å². The lowest BCUT2D eigenvalue weighted by molar-refractivity contribution is -0.141. The molecule has 2 rings (SSSR count). The summed E-state index contributed by atoms with van der Waals surface area (Å²) in [5.41, 5.74) is 2.10. The van der Waals surface area contributed by atoms with Gasteiger partial charge in [0.1, 0.15) is 0 Å². The number of rotatable bonds is 13. The molecule has 29 heavy (non-hydrogen) atoms. The van der Waals surface area contributed by atoms with E-state index in [2.05, 4.69) is 10.1 Å². The van der Waals surface area contributed by atoms with Crippen molar-refractivity contribution in [2.75, 3.05) is 26.9 Å². The molecule has 1 N–H and O–H groups in total. The van der Waals surface area contributed by atoms with E-state index in [4.69, 9.17) is 9.47 Å². The van der Waals surface area contributed by atoms with Crippen molar-refractivity contribution >= 4 is 11.9 Å². The molecule has 0 saturated heterocycles. The summed E-state index contributed by atoms with van der Waals surface area (Å²) >= 11 is 0. The fourth-order valence-electron chi connectivity index (χ4n) is 2.68. The number of benzene rings is 2. The molecule has 0 saturated carbocycles. The van der Waals surface area contributed by atoms with Gasteiger partial charge in [-0.2, -0.15) is 0 Å². The molecule has 0 unspecified atom stereocenters. The highest BCUT2D eigenvalue weighted by Crippen LogP contribution is 2.07. The average molecular weight is 399 g/mol. The van der Waals surface area contributed by atoms with E-state index in [1.165, 1.54) is 7.11 Å². The smallest absolute Gasteiger partial charge is 0.305 e. The van der Waals surface area contributed by atoms with Crippen LogP contribution in [0.5, 0.6) is 0 Å².